The molecule has 6 heteroatoms. The SMILES string of the molecule is Cc1nc(CN(C(=O)COc2cccc(F)c2)C2CC2)cs1. The van der Waals surface area contributed by atoms with Gasteiger partial charge in [-0.25, -0.2) is 9.37 Å². The maximum absolute atomic E-state index is 13.1. The van der Waals surface area contributed by atoms with Crippen LogP contribution < -0.4 is 4.74 Å². The highest BCUT2D eigenvalue weighted by Gasteiger charge is 2.33. The molecule has 1 saturated carbocycles. The van der Waals surface area contributed by atoms with E-state index in [0.717, 1.165) is 23.5 Å². The molecule has 1 aromatic carbocycles. The summed E-state index contributed by atoms with van der Waals surface area (Å²) >= 11 is 1.58. The van der Waals surface area contributed by atoms with Gasteiger partial charge in [0.25, 0.3) is 5.91 Å². The molecule has 0 atom stereocenters. The highest BCUT2D eigenvalue weighted by molar-refractivity contribution is 7.09. The zero-order valence-corrected chi connectivity index (χ0v) is 13.1. The Hall–Kier alpha value is -1.95. The molecular weight excluding hydrogens is 303 g/mol. The van der Waals surface area contributed by atoms with Crippen molar-refractivity contribution in [2.45, 2.75) is 32.4 Å². The maximum atomic E-state index is 13.1. The fraction of sp³-hybridized carbons (Fsp3) is 0.375. The van der Waals surface area contributed by atoms with Crippen LogP contribution in [0, 0.1) is 12.7 Å². The second kappa shape index (κ2) is 6.44. The molecule has 1 heterocycles. The van der Waals surface area contributed by atoms with E-state index in [1.54, 1.807) is 23.5 Å². The van der Waals surface area contributed by atoms with Crippen LogP contribution in [0.1, 0.15) is 23.5 Å². The zero-order chi connectivity index (χ0) is 15.5. The second-order valence-electron chi connectivity index (χ2n) is 5.36. The minimum absolute atomic E-state index is 0.0803. The lowest BCUT2D eigenvalue weighted by atomic mass is 10.3. The van der Waals surface area contributed by atoms with Gasteiger partial charge in [-0.15, -0.1) is 11.3 Å². The van der Waals surface area contributed by atoms with Gasteiger partial charge in [0.2, 0.25) is 0 Å². The van der Waals surface area contributed by atoms with E-state index in [9.17, 15) is 9.18 Å². The minimum atomic E-state index is -0.373. The average molecular weight is 320 g/mol. The normalized spacial score (nSPS) is 13.9. The minimum Gasteiger partial charge on any atom is -0.484 e. The van der Waals surface area contributed by atoms with Crippen molar-refractivity contribution in [1.29, 1.82) is 0 Å². The van der Waals surface area contributed by atoms with Gasteiger partial charge in [0.15, 0.2) is 6.61 Å². The number of ether oxygens (including phenoxy) is 1. The summed E-state index contributed by atoms with van der Waals surface area (Å²) in [6, 6.07) is 6.10. The fourth-order valence-corrected chi connectivity index (χ4v) is 2.85. The molecule has 0 spiro atoms. The first-order valence-corrected chi connectivity index (χ1v) is 8.08. The quantitative estimate of drug-likeness (QED) is 0.821. The van der Waals surface area contributed by atoms with E-state index in [-0.39, 0.29) is 24.4 Å². The molecule has 0 bridgehead atoms. The summed E-state index contributed by atoms with van der Waals surface area (Å²) in [6.07, 6.45) is 2.05. The largest absolute Gasteiger partial charge is 0.484 e. The first-order valence-electron chi connectivity index (χ1n) is 7.20. The van der Waals surface area contributed by atoms with Gasteiger partial charge in [0.05, 0.1) is 17.2 Å². The average Bonchev–Trinajstić information content (AvgIpc) is 3.25. The molecule has 1 fully saturated rings. The Morgan fingerprint density at radius 3 is 2.95 bits per heavy atom. The summed E-state index contributed by atoms with van der Waals surface area (Å²) in [5.41, 5.74) is 0.911. The number of rotatable bonds is 6. The van der Waals surface area contributed by atoms with E-state index < -0.39 is 0 Å². The van der Waals surface area contributed by atoms with Crippen LogP contribution >= 0.6 is 11.3 Å². The number of nitrogens with zero attached hydrogens (tertiary/aromatic N) is 2. The Kier molecular flexibility index (Phi) is 4.38. The van der Waals surface area contributed by atoms with Gasteiger partial charge >= 0.3 is 0 Å². The Morgan fingerprint density at radius 1 is 1.50 bits per heavy atom. The van der Waals surface area contributed by atoms with Crippen LogP contribution in [0.5, 0.6) is 5.75 Å². The molecule has 1 aromatic heterocycles. The van der Waals surface area contributed by atoms with Gasteiger partial charge in [-0.1, -0.05) is 6.07 Å². The van der Waals surface area contributed by atoms with Crippen molar-refractivity contribution < 1.29 is 13.9 Å². The monoisotopic (exact) mass is 320 g/mol. The van der Waals surface area contributed by atoms with Crippen molar-refractivity contribution in [1.82, 2.24) is 9.88 Å². The predicted molar refractivity (Wildman–Crippen MR) is 82.3 cm³/mol. The number of carbonyl (C=O) groups excluding carboxylic acids is 1. The van der Waals surface area contributed by atoms with Crippen LogP contribution in [-0.2, 0) is 11.3 Å². The highest BCUT2D eigenvalue weighted by atomic mass is 32.1. The highest BCUT2D eigenvalue weighted by Crippen LogP contribution is 2.28. The summed E-state index contributed by atoms with van der Waals surface area (Å²) in [6.45, 7) is 2.38. The van der Waals surface area contributed by atoms with Gasteiger partial charge in [0.1, 0.15) is 11.6 Å². The van der Waals surface area contributed by atoms with E-state index in [4.69, 9.17) is 4.74 Å². The summed E-state index contributed by atoms with van der Waals surface area (Å²) in [7, 11) is 0. The lowest BCUT2D eigenvalue weighted by Gasteiger charge is -2.21. The molecular formula is C16H17FN2O2S. The number of aryl methyl sites for hydroxylation is 1. The number of carbonyl (C=O) groups is 1. The molecule has 1 amide bonds. The summed E-state index contributed by atoms with van der Waals surface area (Å²) in [5, 5.41) is 2.97. The first kappa shape index (κ1) is 15.0. The molecule has 0 saturated heterocycles. The lowest BCUT2D eigenvalue weighted by molar-refractivity contribution is -0.134. The first-order chi connectivity index (χ1) is 10.6. The number of hydrogen-bond acceptors (Lipinski definition) is 4. The molecule has 0 aliphatic heterocycles. The Labute approximate surface area is 132 Å². The van der Waals surface area contributed by atoms with Crippen LogP contribution in [0.4, 0.5) is 4.39 Å². The van der Waals surface area contributed by atoms with Crippen molar-refractivity contribution in [3.05, 3.63) is 46.2 Å². The van der Waals surface area contributed by atoms with E-state index >= 15 is 0 Å². The molecule has 0 unspecified atom stereocenters. The van der Waals surface area contributed by atoms with Gasteiger partial charge in [-0.2, -0.15) is 0 Å². The molecule has 116 valence electrons. The lowest BCUT2D eigenvalue weighted by Crippen LogP contribution is -2.36. The van der Waals surface area contributed by atoms with Crippen LogP contribution in [0.15, 0.2) is 29.6 Å². The standard InChI is InChI=1S/C16H17FN2O2S/c1-11-18-13(10-22-11)8-19(14-5-6-14)16(20)9-21-15-4-2-3-12(17)7-15/h2-4,7,10,14H,5-6,8-9H2,1H3. The third-order valence-electron chi connectivity index (χ3n) is 3.47. The van der Waals surface area contributed by atoms with Crippen molar-refractivity contribution in [3.63, 3.8) is 0 Å². The van der Waals surface area contributed by atoms with Crippen LogP contribution in [-0.4, -0.2) is 28.4 Å². The Bertz CT molecular complexity index is 670. The predicted octanol–water partition coefficient (Wildman–Crippen LogP) is 3.16. The molecule has 1 aliphatic carbocycles. The second-order valence-corrected chi connectivity index (χ2v) is 6.42. The fourth-order valence-electron chi connectivity index (χ4n) is 2.25. The smallest absolute Gasteiger partial charge is 0.261 e. The topological polar surface area (TPSA) is 42.4 Å². The number of amides is 1. The van der Waals surface area contributed by atoms with Gasteiger partial charge in [-0.05, 0) is 31.9 Å². The number of halogens is 1. The molecule has 0 radical (unpaired) electrons. The van der Waals surface area contributed by atoms with E-state index in [1.807, 2.05) is 17.2 Å². The Morgan fingerprint density at radius 2 is 2.32 bits per heavy atom. The van der Waals surface area contributed by atoms with E-state index in [0.29, 0.717) is 12.3 Å². The third-order valence-corrected chi connectivity index (χ3v) is 4.29. The molecule has 2 aromatic rings. The summed E-state index contributed by atoms with van der Waals surface area (Å²) in [5.74, 6) is -0.0899. The van der Waals surface area contributed by atoms with Crippen molar-refractivity contribution >= 4 is 17.2 Å². The number of thiazole rings is 1. The van der Waals surface area contributed by atoms with Crippen molar-refractivity contribution in [2.24, 2.45) is 0 Å². The van der Waals surface area contributed by atoms with E-state index in [1.165, 1.54) is 12.1 Å². The van der Waals surface area contributed by atoms with Gasteiger partial charge in [0, 0.05) is 17.5 Å². The zero-order valence-electron chi connectivity index (χ0n) is 12.3. The van der Waals surface area contributed by atoms with Crippen molar-refractivity contribution in [2.75, 3.05) is 6.61 Å². The molecule has 1 aliphatic rings. The molecule has 0 N–H and O–H groups in total. The maximum Gasteiger partial charge on any atom is 0.261 e. The van der Waals surface area contributed by atoms with Gasteiger partial charge < -0.3 is 9.64 Å². The number of benzene rings is 1. The summed E-state index contributed by atoms with van der Waals surface area (Å²) < 4.78 is 18.5. The summed E-state index contributed by atoms with van der Waals surface area (Å²) in [4.78, 5) is 18.6. The van der Waals surface area contributed by atoms with E-state index in [2.05, 4.69) is 4.98 Å². The van der Waals surface area contributed by atoms with Crippen molar-refractivity contribution in [3.8, 4) is 5.75 Å². The molecule has 4 nitrogen and oxygen atoms in total. The van der Waals surface area contributed by atoms with Gasteiger partial charge in [-0.3, -0.25) is 4.79 Å². The third kappa shape index (κ3) is 3.82. The Balaban J connectivity index is 1.60. The number of hydrogen-bond donors (Lipinski definition) is 0. The van der Waals surface area contributed by atoms with Crippen LogP contribution in [0.25, 0.3) is 0 Å². The molecule has 3 rings (SSSR count). The number of aromatic nitrogens is 1. The van der Waals surface area contributed by atoms with Crippen LogP contribution in [0.2, 0.25) is 0 Å². The molecule has 22 heavy (non-hydrogen) atoms. The van der Waals surface area contributed by atoms with Crippen LogP contribution in [0.3, 0.4) is 0 Å².